The average molecular weight is 321 g/mol. The molecule has 0 aliphatic heterocycles. The summed E-state index contributed by atoms with van der Waals surface area (Å²) in [6, 6.07) is 12.9. The molecule has 0 unspecified atom stereocenters. The van der Waals surface area contributed by atoms with Gasteiger partial charge in [0.2, 0.25) is 10.0 Å². The summed E-state index contributed by atoms with van der Waals surface area (Å²) in [6.45, 7) is 0.937. The van der Waals surface area contributed by atoms with E-state index in [4.69, 9.17) is 5.73 Å². The van der Waals surface area contributed by atoms with Gasteiger partial charge in [0.05, 0.1) is 4.90 Å². The second-order valence-corrected chi connectivity index (χ2v) is 6.56. The maximum absolute atomic E-state index is 12.0. The van der Waals surface area contributed by atoms with Crippen molar-refractivity contribution >= 4 is 21.4 Å². The van der Waals surface area contributed by atoms with Crippen molar-refractivity contribution in [3.63, 3.8) is 0 Å². The summed E-state index contributed by atoms with van der Waals surface area (Å²) in [4.78, 5) is 0.0546. The molecule has 0 aromatic heterocycles. The van der Waals surface area contributed by atoms with Gasteiger partial charge in [-0.15, -0.1) is 0 Å². The standard InChI is InChI=1S/C15H19N3O3S/c16-12-5-7-13(8-6-12)17-9-2-10-18-22(20,21)15-4-1-3-14(19)11-15/h1,3-8,11,17-19H,2,9-10,16H2. The first-order valence-electron chi connectivity index (χ1n) is 6.85. The molecule has 0 amide bonds. The minimum absolute atomic E-state index is 0.0546. The number of benzene rings is 2. The molecule has 0 aliphatic carbocycles. The van der Waals surface area contributed by atoms with E-state index in [0.717, 1.165) is 5.69 Å². The van der Waals surface area contributed by atoms with Gasteiger partial charge in [-0.1, -0.05) is 6.07 Å². The van der Waals surface area contributed by atoms with Gasteiger partial charge in [-0.2, -0.15) is 0 Å². The number of nitrogens with one attached hydrogen (secondary N) is 2. The van der Waals surface area contributed by atoms with Crippen LogP contribution >= 0.6 is 0 Å². The lowest BCUT2D eigenvalue weighted by Gasteiger charge is -2.09. The number of aromatic hydroxyl groups is 1. The van der Waals surface area contributed by atoms with Crippen LogP contribution in [0, 0.1) is 0 Å². The first-order valence-corrected chi connectivity index (χ1v) is 8.34. The average Bonchev–Trinajstić information content (AvgIpc) is 2.49. The monoisotopic (exact) mass is 321 g/mol. The molecule has 118 valence electrons. The second-order valence-electron chi connectivity index (χ2n) is 4.80. The van der Waals surface area contributed by atoms with Gasteiger partial charge in [-0.05, 0) is 48.9 Å². The molecule has 0 fully saturated rings. The quantitative estimate of drug-likeness (QED) is 0.459. The number of phenols is 1. The molecule has 0 saturated heterocycles. The Hall–Kier alpha value is -2.25. The van der Waals surface area contributed by atoms with Crippen LogP contribution in [0.2, 0.25) is 0 Å². The zero-order chi connectivity index (χ0) is 16.0. The molecule has 5 N–H and O–H groups in total. The predicted molar refractivity (Wildman–Crippen MR) is 87.3 cm³/mol. The number of hydrogen-bond donors (Lipinski definition) is 4. The zero-order valence-corrected chi connectivity index (χ0v) is 12.8. The van der Waals surface area contributed by atoms with Crippen molar-refractivity contribution in [2.24, 2.45) is 0 Å². The van der Waals surface area contributed by atoms with Gasteiger partial charge in [0.1, 0.15) is 5.75 Å². The first-order chi connectivity index (χ1) is 10.5. The van der Waals surface area contributed by atoms with Crippen LogP contribution in [0.4, 0.5) is 11.4 Å². The summed E-state index contributed by atoms with van der Waals surface area (Å²) in [5.74, 6) is -0.0760. The highest BCUT2D eigenvalue weighted by Crippen LogP contribution is 2.15. The molecule has 0 saturated carbocycles. The molecule has 0 aliphatic rings. The Morgan fingerprint density at radius 2 is 1.77 bits per heavy atom. The number of nitrogens with two attached hydrogens (primary N) is 1. The van der Waals surface area contributed by atoms with Crippen molar-refractivity contribution in [1.29, 1.82) is 0 Å². The van der Waals surface area contributed by atoms with Crippen molar-refractivity contribution in [3.8, 4) is 5.75 Å². The van der Waals surface area contributed by atoms with Crippen LogP contribution in [0.25, 0.3) is 0 Å². The molecule has 0 heterocycles. The SMILES string of the molecule is Nc1ccc(NCCCNS(=O)(=O)c2cccc(O)c2)cc1. The third-order valence-electron chi connectivity index (χ3n) is 3.01. The maximum atomic E-state index is 12.0. The van der Waals surface area contributed by atoms with E-state index < -0.39 is 10.0 Å². The van der Waals surface area contributed by atoms with Crippen molar-refractivity contribution < 1.29 is 13.5 Å². The molecular weight excluding hydrogens is 302 g/mol. The van der Waals surface area contributed by atoms with Crippen LogP contribution in [0.5, 0.6) is 5.75 Å². The maximum Gasteiger partial charge on any atom is 0.240 e. The molecule has 2 rings (SSSR count). The lowest BCUT2D eigenvalue weighted by atomic mass is 10.3. The molecule has 0 radical (unpaired) electrons. The number of sulfonamides is 1. The van der Waals surface area contributed by atoms with Gasteiger partial charge in [-0.25, -0.2) is 13.1 Å². The van der Waals surface area contributed by atoms with Gasteiger partial charge in [0, 0.05) is 24.5 Å². The van der Waals surface area contributed by atoms with E-state index in [1.54, 1.807) is 12.1 Å². The van der Waals surface area contributed by atoms with Crippen LogP contribution in [0.1, 0.15) is 6.42 Å². The smallest absolute Gasteiger partial charge is 0.240 e. The Bertz CT molecular complexity index is 715. The Morgan fingerprint density at radius 1 is 1.05 bits per heavy atom. The Morgan fingerprint density at radius 3 is 2.45 bits per heavy atom. The van der Waals surface area contributed by atoms with E-state index in [1.807, 2.05) is 12.1 Å². The molecule has 0 spiro atoms. The van der Waals surface area contributed by atoms with E-state index in [2.05, 4.69) is 10.0 Å². The fourth-order valence-electron chi connectivity index (χ4n) is 1.86. The number of nitrogen functional groups attached to an aromatic ring is 1. The molecule has 7 heteroatoms. The molecule has 6 nitrogen and oxygen atoms in total. The van der Waals surface area contributed by atoms with Crippen LogP contribution in [0.3, 0.4) is 0 Å². The highest BCUT2D eigenvalue weighted by Gasteiger charge is 2.13. The summed E-state index contributed by atoms with van der Waals surface area (Å²) in [5, 5.41) is 12.5. The third kappa shape index (κ3) is 4.64. The molecule has 2 aromatic rings. The molecule has 22 heavy (non-hydrogen) atoms. The van der Waals surface area contributed by atoms with E-state index in [1.165, 1.54) is 24.3 Å². The van der Waals surface area contributed by atoms with Gasteiger partial charge in [-0.3, -0.25) is 0 Å². The number of anilines is 2. The topological polar surface area (TPSA) is 104 Å². The number of hydrogen-bond acceptors (Lipinski definition) is 5. The fraction of sp³-hybridized carbons (Fsp3) is 0.200. The Labute approximate surface area is 130 Å². The lowest BCUT2D eigenvalue weighted by Crippen LogP contribution is -2.26. The minimum Gasteiger partial charge on any atom is -0.508 e. The molecule has 0 bridgehead atoms. The van der Waals surface area contributed by atoms with Crippen LogP contribution < -0.4 is 15.8 Å². The van der Waals surface area contributed by atoms with E-state index >= 15 is 0 Å². The molecular formula is C15H19N3O3S. The summed E-state index contributed by atoms with van der Waals surface area (Å²) >= 11 is 0. The zero-order valence-electron chi connectivity index (χ0n) is 12.0. The summed E-state index contributed by atoms with van der Waals surface area (Å²) < 4.78 is 26.5. The summed E-state index contributed by atoms with van der Waals surface area (Å²) in [5.41, 5.74) is 7.23. The second kappa shape index (κ2) is 7.15. The van der Waals surface area contributed by atoms with Gasteiger partial charge < -0.3 is 16.2 Å². The van der Waals surface area contributed by atoms with Crippen molar-refractivity contribution in [1.82, 2.24) is 4.72 Å². The lowest BCUT2D eigenvalue weighted by molar-refractivity contribution is 0.473. The number of rotatable bonds is 7. The fourth-order valence-corrected chi connectivity index (χ4v) is 2.98. The van der Waals surface area contributed by atoms with Gasteiger partial charge >= 0.3 is 0 Å². The highest BCUT2D eigenvalue weighted by atomic mass is 32.2. The Balaban J connectivity index is 1.77. The van der Waals surface area contributed by atoms with Crippen molar-refractivity contribution in [2.45, 2.75) is 11.3 Å². The highest BCUT2D eigenvalue weighted by molar-refractivity contribution is 7.89. The van der Waals surface area contributed by atoms with Crippen LogP contribution in [-0.2, 0) is 10.0 Å². The van der Waals surface area contributed by atoms with Gasteiger partial charge in [0.15, 0.2) is 0 Å². The van der Waals surface area contributed by atoms with Crippen molar-refractivity contribution in [2.75, 3.05) is 24.1 Å². The van der Waals surface area contributed by atoms with Crippen LogP contribution in [0.15, 0.2) is 53.4 Å². The summed E-state index contributed by atoms with van der Waals surface area (Å²) in [6.07, 6.45) is 0.627. The van der Waals surface area contributed by atoms with Crippen LogP contribution in [-0.4, -0.2) is 26.6 Å². The van der Waals surface area contributed by atoms with Crippen molar-refractivity contribution in [3.05, 3.63) is 48.5 Å². The van der Waals surface area contributed by atoms with E-state index in [-0.39, 0.29) is 10.6 Å². The first kappa shape index (κ1) is 16.1. The van der Waals surface area contributed by atoms with E-state index in [0.29, 0.717) is 25.2 Å². The molecule has 0 atom stereocenters. The third-order valence-corrected chi connectivity index (χ3v) is 4.47. The number of phenolic OH excluding ortho intramolecular Hbond substituents is 1. The molecule has 2 aromatic carbocycles. The summed E-state index contributed by atoms with van der Waals surface area (Å²) in [7, 11) is -3.59. The van der Waals surface area contributed by atoms with Gasteiger partial charge in [0.25, 0.3) is 0 Å². The Kier molecular flexibility index (Phi) is 5.24. The normalized spacial score (nSPS) is 11.3. The largest absolute Gasteiger partial charge is 0.508 e. The predicted octanol–water partition coefficient (Wildman–Crippen LogP) is 1.75. The minimum atomic E-state index is -3.59. The van der Waals surface area contributed by atoms with E-state index in [9.17, 15) is 13.5 Å².